The van der Waals surface area contributed by atoms with Gasteiger partial charge in [0.1, 0.15) is 5.82 Å². The Bertz CT molecular complexity index is 601. The lowest BCUT2D eigenvalue weighted by Gasteiger charge is -2.30. The van der Waals surface area contributed by atoms with Crippen molar-refractivity contribution in [1.82, 2.24) is 0 Å². The number of benzene rings is 2. The van der Waals surface area contributed by atoms with Crippen molar-refractivity contribution in [3.05, 3.63) is 64.4 Å². The Morgan fingerprint density at radius 1 is 1.25 bits per heavy atom. The highest BCUT2D eigenvalue weighted by Crippen LogP contribution is 2.30. The number of anilines is 1. The van der Waals surface area contributed by atoms with E-state index < -0.39 is 0 Å². The van der Waals surface area contributed by atoms with E-state index in [-0.39, 0.29) is 11.9 Å². The molecule has 0 amide bonds. The molecule has 0 bridgehead atoms. The van der Waals surface area contributed by atoms with Gasteiger partial charge in [-0.15, -0.1) is 0 Å². The predicted molar refractivity (Wildman–Crippen MR) is 82.8 cm³/mol. The van der Waals surface area contributed by atoms with Gasteiger partial charge in [-0.3, -0.25) is 0 Å². The molecule has 0 aliphatic rings. The monoisotopic (exact) mass is 292 g/mol. The third-order valence-corrected chi connectivity index (χ3v) is 3.75. The van der Waals surface area contributed by atoms with Gasteiger partial charge in [0.25, 0.3) is 0 Å². The van der Waals surface area contributed by atoms with Gasteiger partial charge in [-0.1, -0.05) is 29.8 Å². The number of aryl methyl sites for hydroxylation is 1. The summed E-state index contributed by atoms with van der Waals surface area (Å²) >= 11 is 6.14. The van der Waals surface area contributed by atoms with Crippen LogP contribution in [0, 0.1) is 12.7 Å². The minimum Gasteiger partial charge on any atom is -0.366 e. The zero-order valence-corrected chi connectivity index (χ0v) is 12.4. The van der Waals surface area contributed by atoms with Crippen LogP contribution in [-0.4, -0.2) is 13.6 Å². The molecule has 2 aromatic carbocycles. The second-order valence-electron chi connectivity index (χ2n) is 4.87. The van der Waals surface area contributed by atoms with Crippen molar-refractivity contribution in [2.75, 3.05) is 18.5 Å². The molecule has 2 aromatic rings. The molecule has 2 N–H and O–H groups in total. The molecule has 2 rings (SSSR count). The average molecular weight is 293 g/mol. The van der Waals surface area contributed by atoms with Crippen LogP contribution in [0.2, 0.25) is 5.02 Å². The summed E-state index contributed by atoms with van der Waals surface area (Å²) in [5, 5.41) is 0.403. The van der Waals surface area contributed by atoms with E-state index in [0.717, 1.165) is 11.3 Å². The molecule has 106 valence electrons. The lowest BCUT2D eigenvalue weighted by molar-refractivity contribution is 0.622. The number of hydrogen-bond donors (Lipinski definition) is 1. The Kier molecular flexibility index (Phi) is 4.63. The van der Waals surface area contributed by atoms with E-state index in [4.69, 9.17) is 17.3 Å². The van der Waals surface area contributed by atoms with E-state index in [2.05, 4.69) is 11.0 Å². The molecule has 0 radical (unpaired) electrons. The van der Waals surface area contributed by atoms with Gasteiger partial charge in [0.05, 0.1) is 6.04 Å². The Morgan fingerprint density at radius 2 is 2.00 bits per heavy atom. The molecule has 1 unspecified atom stereocenters. The minimum atomic E-state index is -0.340. The largest absolute Gasteiger partial charge is 0.366 e. The van der Waals surface area contributed by atoms with Crippen molar-refractivity contribution >= 4 is 17.3 Å². The molecular formula is C16H18ClFN2. The van der Waals surface area contributed by atoms with Crippen LogP contribution in [0.3, 0.4) is 0 Å². The van der Waals surface area contributed by atoms with Crippen molar-refractivity contribution in [2.24, 2.45) is 5.73 Å². The van der Waals surface area contributed by atoms with Crippen LogP contribution >= 0.6 is 11.6 Å². The maximum atomic E-state index is 13.2. The van der Waals surface area contributed by atoms with Gasteiger partial charge in [-0.2, -0.15) is 0 Å². The molecule has 0 saturated carbocycles. The molecule has 0 heterocycles. The Balaban J connectivity index is 2.36. The lowest BCUT2D eigenvalue weighted by Crippen LogP contribution is -2.30. The van der Waals surface area contributed by atoms with Gasteiger partial charge in [0.2, 0.25) is 0 Å². The van der Waals surface area contributed by atoms with E-state index in [1.165, 1.54) is 17.7 Å². The van der Waals surface area contributed by atoms with Crippen LogP contribution in [0.5, 0.6) is 0 Å². The fraction of sp³-hybridized carbons (Fsp3) is 0.250. The van der Waals surface area contributed by atoms with E-state index in [1.54, 1.807) is 6.07 Å². The minimum absolute atomic E-state index is 0.0927. The first-order valence-electron chi connectivity index (χ1n) is 6.47. The molecule has 0 aliphatic carbocycles. The second-order valence-corrected chi connectivity index (χ2v) is 5.27. The first-order valence-corrected chi connectivity index (χ1v) is 6.85. The van der Waals surface area contributed by atoms with Crippen LogP contribution < -0.4 is 10.6 Å². The summed E-state index contributed by atoms with van der Waals surface area (Å²) in [7, 11) is 1.96. The predicted octanol–water partition coefficient (Wildman–Crippen LogP) is 3.92. The van der Waals surface area contributed by atoms with E-state index >= 15 is 0 Å². The fourth-order valence-corrected chi connectivity index (χ4v) is 2.59. The molecule has 0 spiro atoms. The van der Waals surface area contributed by atoms with Crippen LogP contribution in [0.1, 0.15) is 17.2 Å². The second kappa shape index (κ2) is 6.25. The number of likely N-dealkylation sites (N-methyl/N-ethyl adjacent to an activating group) is 1. The summed E-state index contributed by atoms with van der Waals surface area (Å²) in [6.45, 7) is 2.44. The molecule has 20 heavy (non-hydrogen) atoms. The van der Waals surface area contributed by atoms with Crippen LogP contribution in [-0.2, 0) is 0 Å². The first-order chi connectivity index (χ1) is 9.52. The maximum absolute atomic E-state index is 13.2. The smallest absolute Gasteiger partial charge is 0.124 e. The molecule has 0 fully saturated rings. The van der Waals surface area contributed by atoms with Crippen molar-refractivity contribution in [3.8, 4) is 0 Å². The molecule has 0 aliphatic heterocycles. The first kappa shape index (κ1) is 14.8. The topological polar surface area (TPSA) is 29.3 Å². The average Bonchev–Trinajstić information content (AvgIpc) is 2.41. The highest BCUT2D eigenvalue weighted by atomic mass is 35.5. The van der Waals surface area contributed by atoms with Gasteiger partial charge >= 0.3 is 0 Å². The van der Waals surface area contributed by atoms with Crippen LogP contribution in [0.4, 0.5) is 10.1 Å². The Labute approximate surface area is 124 Å². The number of rotatable bonds is 4. The lowest BCUT2D eigenvalue weighted by atomic mass is 10.0. The maximum Gasteiger partial charge on any atom is 0.124 e. The Morgan fingerprint density at radius 3 is 2.60 bits per heavy atom. The van der Waals surface area contributed by atoms with Crippen LogP contribution in [0.25, 0.3) is 0 Å². The number of nitrogens with two attached hydrogens (primary N) is 1. The van der Waals surface area contributed by atoms with Crippen molar-refractivity contribution in [3.63, 3.8) is 0 Å². The van der Waals surface area contributed by atoms with E-state index in [0.29, 0.717) is 11.6 Å². The standard InChI is InChI=1S/C16H18ClFN2/c1-11-4-3-5-13(8-11)20(2)16(10-19)14-7-6-12(18)9-15(14)17/h3-9,16H,10,19H2,1-2H3. The van der Waals surface area contributed by atoms with Gasteiger partial charge in [-0.25, -0.2) is 4.39 Å². The SMILES string of the molecule is Cc1cccc(N(C)C(CN)c2ccc(F)cc2Cl)c1. The third kappa shape index (κ3) is 3.11. The van der Waals surface area contributed by atoms with E-state index in [1.807, 2.05) is 32.2 Å². The van der Waals surface area contributed by atoms with Gasteiger partial charge in [-0.05, 0) is 42.3 Å². The zero-order chi connectivity index (χ0) is 14.7. The van der Waals surface area contributed by atoms with E-state index in [9.17, 15) is 4.39 Å². The Hall–Kier alpha value is -1.58. The van der Waals surface area contributed by atoms with Crippen molar-refractivity contribution in [2.45, 2.75) is 13.0 Å². The molecule has 1 atom stereocenters. The number of nitrogens with zero attached hydrogens (tertiary/aromatic N) is 1. The summed E-state index contributed by atoms with van der Waals surface area (Å²) in [4.78, 5) is 2.06. The third-order valence-electron chi connectivity index (χ3n) is 3.42. The van der Waals surface area contributed by atoms with Gasteiger partial charge < -0.3 is 10.6 Å². The number of halogens is 2. The fourth-order valence-electron chi connectivity index (χ4n) is 2.29. The highest BCUT2D eigenvalue weighted by molar-refractivity contribution is 6.31. The van der Waals surface area contributed by atoms with Crippen molar-refractivity contribution < 1.29 is 4.39 Å². The summed E-state index contributed by atoms with van der Waals surface area (Å²) in [5.74, 6) is -0.340. The summed E-state index contributed by atoms with van der Waals surface area (Å²) < 4.78 is 13.2. The highest BCUT2D eigenvalue weighted by Gasteiger charge is 2.19. The van der Waals surface area contributed by atoms with Crippen molar-refractivity contribution in [1.29, 1.82) is 0 Å². The van der Waals surface area contributed by atoms with Gasteiger partial charge in [0, 0.05) is 24.3 Å². The molecule has 4 heteroatoms. The summed E-state index contributed by atoms with van der Waals surface area (Å²) in [6.07, 6.45) is 0. The molecular weight excluding hydrogens is 275 g/mol. The van der Waals surface area contributed by atoms with Crippen LogP contribution in [0.15, 0.2) is 42.5 Å². The quantitative estimate of drug-likeness (QED) is 0.925. The molecule has 0 aromatic heterocycles. The molecule has 2 nitrogen and oxygen atoms in total. The normalized spacial score (nSPS) is 12.2. The summed E-state index contributed by atoms with van der Waals surface area (Å²) in [6, 6.07) is 12.5. The van der Waals surface area contributed by atoms with Gasteiger partial charge in [0.15, 0.2) is 0 Å². The summed E-state index contributed by atoms with van der Waals surface area (Å²) in [5.41, 5.74) is 8.96. The number of hydrogen-bond acceptors (Lipinski definition) is 2. The molecule has 0 saturated heterocycles. The zero-order valence-electron chi connectivity index (χ0n) is 11.6.